The van der Waals surface area contributed by atoms with Crippen molar-refractivity contribution < 1.29 is 23.5 Å². The van der Waals surface area contributed by atoms with E-state index in [1.807, 2.05) is 36.4 Å². The first-order chi connectivity index (χ1) is 16.9. The third-order valence-corrected chi connectivity index (χ3v) is 7.00. The van der Waals surface area contributed by atoms with E-state index in [0.29, 0.717) is 36.7 Å². The number of nitrogens with one attached hydrogen (secondary N) is 2. The maximum absolute atomic E-state index is 13.0. The number of para-hydroxylation sites is 1. The van der Waals surface area contributed by atoms with Gasteiger partial charge in [0.15, 0.2) is 5.76 Å². The summed E-state index contributed by atoms with van der Waals surface area (Å²) < 4.78 is 11.3. The van der Waals surface area contributed by atoms with Gasteiger partial charge < -0.3 is 19.4 Å². The highest BCUT2D eigenvalue weighted by atomic mass is 35.5. The Morgan fingerprint density at radius 3 is 2.43 bits per heavy atom. The van der Waals surface area contributed by atoms with Gasteiger partial charge in [0.05, 0.1) is 0 Å². The van der Waals surface area contributed by atoms with Crippen LogP contribution in [0.3, 0.4) is 0 Å². The summed E-state index contributed by atoms with van der Waals surface area (Å²) in [5, 5.41) is 5.80. The summed E-state index contributed by atoms with van der Waals surface area (Å²) in [6.45, 7) is 0.846. The van der Waals surface area contributed by atoms with E-state index in [0.717, 1.165) is 5.56 Å². The number of nitrogens with zero attached hydrogens (tertiary/aromatic N) is 1. The number of benzene rings is 2. The summed E-state index contributed by atoms with van der Waals surface area (Å²) >= 11 is 6.36. The third kappa shape index (κ3) is 4.61. The molecule has 0 unspecified atom stereocenters. The highest BCUT2D eigenvalue weighted by Gasteiger charge is 2.52. The number of furan rings is 1. The van der Waals surface area contributed by atoms with Gasteiger partial charge in [-0.1, -0.05) is 48.0 Å². The van der Waals surface area contributed by atoms with Crippen LogP contribution in [0.25, 0.3) is 0 Å². The molecule has 0 bridgehead atoms. The second-order valence-corrected chi connectivity index (χ2v) is 9.16. The van der Waals surface area contributed by atoms with Crippen molar-refractivity contribution in [3.05, 3.63) is 83.1 Å². The zero-order chi connectivity index (χ0) is 24.4. The standard InChI is InChI=1S/C26H24ClN3O5/c27-20-9-5-4-6-17(20)16-26(24(32)28-25(33)29-26)18-12-14-30(15-13-18)23(31)21-10-11-22(35-21)34-19-7-2-1-3-8-19/h1-11,18H,12-16H2,(H2,28,29,32,33)/t26-/m0/s1. The third-order valence-electron chi connectivity index (χ3n) is 6.63. The van der Waals surface area contributed by atoms with Gasteiger partial charge >= 0.3 is 6.03 Å². The van der Waals surface area contributed by atoms with Crippen molar-refractivity contribution in [2.45, 2.75) is 24.8 Å². The van der Waals surface area contributed by atoms with Crippen molar-refractivity contribution in [3.8, 4) is 11.7 Å². The predicted octanol–water partition coefficient (Wildman–Crippen LogP) is 4.40. The summed E-state index contributed by atoms with van der Waals surface area (Å²) in [6.07, 6.45) is 1.36. The first kappa shape index (κ1) is 23.0. The minimum atomic E-state index is -1.11. The van der Waals surface area contributed by atoms with Crippen LogP contribution in [0.5, 0.6) is 11.7 Å². The van der Waals surface area contributed by atoms with Crippen molar-refractivity contribution in [1.82, 2.24) is 15.5 Å². The zero-order valence-corrected chi connectivity index (χ0v) is 19.6. The van der Waals surface area contributed by atoms with Gasteiger partial charge in [0.1, 0.15) is 11.3 Å². The van der Waals surface area contributed by atoms with Crippen LogP contribution in [0.1, 0.15) is 29.0 Å². The number of hydrogen-bond donors (Lipinski definition) is 2. The Bertz CT molecular complexity index is 1250. The van der Waals surface area contributed by atoms with E-state index < -0.39 is 11.6 Å². The summed E-state index contributed by atoms with van der Waals surface area (Å²) in [6, 6.07) is 19.2. The number of ether oxygens (including phenoxy) is 1. The number of urea groups is 1. The molecule has 180 valence electrons. The molecule has 1 aromatic heterocycles. The molecule has 2 fully saturated rings. The number of imide groups is 1. The molecule has 3 aromatic rings. The molecule has 8 nitrogen and oxygen atoms in total. The summed E-state index contributed by atoms with van der Waals surface area (Å²) in [5.41, 5.74) is -0.329. The molecule has 1 atom stereocenters. The van der Waals surface area contributed by atoms with Crippen LogP contribution < -0.4 is 15.4 Å². The Balaban J connectivity index is 1.27. The van der Waals surface area contributed by atoms with E-state index in [1.165, 1.54) is 0 Å². The Morgan fingerprint density at radius 2 is 1.74 bits per heavy atom. The van der Waals surface area contributed by atoms with Gasteiger partial charge in [-0.05, 0) is 48.6 Å². The lowest BCUT2D eigenvalue weighted by molar-refractivity contribution is -0.126. The lowest BCUT2D eigenvalue weighted by atomic mass is 9.74. The topological polar surface area (TPSA) is 101 Å². The van der Waals surface area contributed by atoms with Crippen molar-refractivity contribution in [2.75, 3.05) is 13.1 Å². The van der Waals surface area contributed by atoms with Crippen LogP contribution in [-0.2, 0) is 11.2 Å². The quantitative estimate of drug-likeness (QED) is 0.496. The molecule has 4 amide bonds. The SMILES string of the molecule is O=C1NC(=O)[C@](Cc2ccccc2Cl)(C2CCN(C(=O)c3ccc(Oc4ccccc4)o3)CC2)N1. The van der Waals surface area contributed by atoms with E-state index in [9.17, 15) is 14.4 Å². The minimum absolute atomic E-state index is 0.164. The number of rotatable bonds is 6. The van der Waals surface area contributed by atoms with Crippen LogP contribution in [0.2, 0.25) is 5.02 Å². The smallest absolute Gasteiger partial charge is 0.322 e. The van der Waals surface area contributed by atoms with Crippen molar-refractivity contribution >= 4 is 29.4 Å². The second-order valence-electron chi connectivity index (χ2n) is 8.75. The zero-order valence-electron chi connectivity index (χ0n) is 18.8. The van der Waals surface area contributed by atoms with Gasteiger partial charge in [-0.3, -0.25) is 14.9 Å². The molecule has 5 rings (SSSR count). The number of piperidine rings is 1. The predicted molar refractivity (Wildman–Crippen MR) is 128 cm³/mol. The lowest BCUT2D eigenvalue weighted by Crippen LogP contribution is -2.58. The molecule has 0 aliphatic carbocycles. The molecule has 2 saturated heterocycles. The second kappa shape index (κ2) is 9.46. The van der Waals surface area contributed by atoms with Crippen molar-refractivity contribution in [1.29, 1.82) is 0 Å². The fourth-order valence-corrected chi connectivity index (χ4v) is 5.03. The van der Waals surface area contributed by atoms with Gasteiger partial charge in [0.2, 0.25) is 0 Å². The first-order valence-corrected chi connectivity index (χ1v) is 11.8. The van der Waals surface area contributed by atoms with Crippen molar-refractivity contribution in [3.63, 3.8) is 0 Å². The van der Waals surface area contributed by atoms with Crippen molar-refractivity contribution in [2.24, 2.45) is 5.92 Å². The molecule has 9 heteroatoms. The van der Waals surface area contributed by atoms with Crippen LogP contribution >= 0.6 is 11.6 Å². The Morgan fingerprint density at radius 1 is 1.03 bits per heavy atom. The number of likely N-dealkylation sites (tertiary alicyclic amines) is 1. The molecule has 0 radical (unpaired) electrons. The van der Waals surface area contributed by atoms with E-state index in [1.54, 1.807) is 35.2 Å². The molecule has 35 heavy (non-hydrogen) atoms. The van der Waals surface area contributed by atoms with E-state index in [2.05, 4.69) is 10.6 Å². The summed E-state index contributed by atoms with van der Waals surface area (Å²) in [4.78, 5) is 39.8. The van der Waals surface area contributed by atoms with Crippen LogP contribution in [0.4, 0.5) is 4.79 Å². The molecule has 2 N–H and O–H groups in total. The number of amides is 4. The molecule has 2 aliphatic rings. The lowest BCUT2D eigenvalue weighted by Gasteiger charge is -2.40. The monoisotopic (exact) mass is 493 g/mol. The number of carbonyl (C=O) groups is 3. The molecule has 2 aromatic carbocycles. The van der Waals surface area contributed by atoms with Crippen LogP contribution in [-0.4, -0.2) is 41.4 Å². The Kier molecular flexibility index (Phi) is 6.21. The number of halogens is 1. The van der Waals surface area contributed by atoms with E-state index >= 15 is 0 Å². The Labute approximate surface area is 207 Å². The largest absolute Gasteiger partial charge is 0.426 e. The van der Waals surface area contributed by atoms with Crippen LogP contribution in [0, 0.1) is 5.92 Å². The molecule has 0 spiro atoms. The fourth-order valence-electron chi connectivity index (χ4n) is 4.83. The molecule has 0 saturated carbocycles. The molecule has 2 aliphatic heterocycles. The van der Waals surface area contributed by atoms with E-state index in [-0.39, 0.29) is 35.9 Å². The molecular formula is C26H24ClN3O5. The Hall–Kier alpha value is -3.78. The van der Waals surface area contributed by atoms with Gasteiger partial charge in [-0.25, -0.2) is 4.79 Å². The number of hydrogen-bond acceptors (Lipinski definition) is 5. The van der Waals surface area contributed by atoms with Gasteiger partial charge in [-0.15, -0.1) is 0 Å². The van der Waals surface area contributed by atoms with E-state index in [4.69, 9.17) is 20.8 Å². The van der Waals surface area contributed by atoms with Gasteiger partial charge in [-0.2, -0.15) is 0 Å². The minimum Gasteiger partial charge on any atom is -0.426 e. The molecular weight excluding hydrogens is 470 g/mol. The highest BCUT2D eigenvalue weighted by molar-refractivity contribution is 6.31. The molecule has 3 heterocycles. The normalized spacial score (nSPS) is 20.4. The average Bonchev–Trinajstić information content (AvgIpc) is 3.44. The summed E-state index contributed by atoms with van der Waals surface area (Å²) in [5.74, 6) is 0.267. The van der Waals surface area contributed by atoms with Gasteiger partial charge in [0.25, 0.3) is 17.8 Å². The maximum atomic E-state index is 13.0. The maximum Gasteiger partial charge on any atom is 0.322 e. The highest BCUT2D eigenvalue weighted by Crippen LogP contribution is 2.36. The first-order valence-electron chi connectivity index (χ1n) is 11.4. The fraction of sp³-hybridized carbons (Fsp3) is 0.269. The van der Waals surface area contributed by atoms with Crippen LogP contribution in [0.15, 0.2) is 71.1 Å². The summed E-state index contributed by atoms with van der Waals surface area (Å²) in [7, 11) is 0. The number of carbonyl (C=O) groups excluding carboxylic acids is 3. The average molecular weight is 494 g/mol. The van der Waals surface area contributed by atoms with Gasteiger partial charge in [0, 0.05) is 30.6 Å².